The van der Waals surface area contributed by atoms with Gasteiger partial charge in [0.25, 0.3) is 0 Å². The van der Waals surface area contributed by atoms with Crippen molar-refractivity contribution in [2.24, 2.45) is 5.41 Å². The highest BCUT2D eigenvalue weighted by Gasteiger charge is 2.27. The molecule has 17 heavy (non-hydrogen) atoms. The molecule has 0 rings (SSSR count). The number of aliphatic carboxylic acids is 1. The molecule has 0 aromatic carbocycles. The van der Waals surface area contributed by atoms with E-state index in [-0.39, 0.29) is 18.6 Å². The number of carbonyl (C=O) groups excluding carboxylic acids is 1. The molecule has 100 valence electrons. The molecule has 0 aliphatic rings. The monoisotopic (exact) mass is 244 g/mol. The summed E-state index contributed by atoms with van der Waals surface area (Å²) in [5.74, 6) is -0.920. The van der Waals surface area contributed by atoms with Crippen LogP contribution in [0.3, 0.4) is 0 Å². The lowest BCUT2D eigenvalue weighted by Gasteiger charge is -2.21. The Balaban J connectivity index is 3.91. The van der Waals surface area contributed by atoms with Crippen LogP contribution < -0.4 is 10.6 Å². The number of carbonyl (C=O) groups is 2. The van der Waals surface area contributed by atoms with Crippen molar-refractivity contribution in [3.63, 3.8) is 0 Å². The Bertz CT molecular complexity index is 264. The van der Waals surface area contributed by atoms with E-state index < -0.39 is 11.4 Å². The SMILES string of the molecule is CCCCC(C)NC(=O)NCC(C)(C)C(=O)O. The van der Waals surface area contributed by atoms with Crippen LogP contribution >= 0.6 is 0 Å². The molecule has 0 heterocycles. The number of carboxylic acid groups (broad SMARTS) is 1. The highest BCUT2D eigenvalue weighted by Crippen LogP contribution is 2.12. The Hall–Kier alpha value is -1.26. The zero-order chi connectivity index (χ0) is 13.5. The summed E-state index contributed by atoms with van der Waals surface area (Å²) in [6, 6.07) is -0.189. The number of nitrogens with one attached hydrogen (secondary N) is 2. The van der Waals surface area contributed by atoms with Crippen molar-refractivity contribution < 1.29 is 14.7 Å². The maximum Gasteiger partial charge on any atom is 0.315 e. The maximum absolute atomic E-state index is 11.5. The molecule has 0 fully saturated rings. The van der Waals surface area contributed by atoms with E-state index in [4.69, 9.17) is 5.11 Å². The summed E-state index contributed by atoms with van der Waals surface area (Å²) in [6.07, 6.45) is 3.11. The minimum absolute atomic E-state index is 0.114. The Kier molecular flexibility index (Phi) is 6.61. The normalized spacial score (nSPS) is 12.9. The summed E-state index contributed by atoms with van der Waals surface area (Å²) in [7, 11) is 0. The second kappa shape index (κ2) is 7.14. The first kappa shape index (κ1) is 15.7. The summed E-state index contributed by atoms with van der Waals surface area (Å²) in [5, 5.41) is 14.2. The van der Waals surface area contributed by atoms with E-state index in [9.17, 15) is 9.59 Å². The van der Waals surface area contributed by atoms with Crippen molar-refractivity contribution >= 4 is 12.0 Å². The van der Waals surface area contributed by atoms with Crippen molar-refractivity contribution in [2.75, 3.05) is 6.54 Å². The second-order valence-electron chi connectivity index (χ2n) is 5.06. The van der Waals surface area contributed by atoms with Gasteiger partial charge in [0.15, 0.2) is 0 Å². The van der Waals surface area contributed by atoms with Gasteiger partial charge in [-0.15, -0.1) is 0 Å². The third kappa shape index (κ3) is 6.81. The van der Waals surface area contributed by atoms with E-state index in [1.807, 2.05) is 6.92 Å². The Labute approximate surface area is 103 Å². The molecule has 5 nitrogen and oxygen atoms in total. The van der Waals surface area contributed by atoms with E-state index in [0.717, 1.165) is 19.3 Å². The Morgan fingerprint density at radius 1 is 1.35 bits per heavy atom. The molecule has 0 radical (unpaired) electrons. The molecule has 0 aliphatic carbocycles. The molecule has 1 unspecified atom stereocenters. The number of unbranched alkanes of at least 4 members (excludes halogenated alkanes) is 1. The van der Waals surface area contributed by atoms with Crippen molar-refractivity contribution in [1.82, 2.24) is 10.6 Å². The van der Waals surface area contributed by atoms with E-state index in [1.54, 1.807) is 13.8 Å². The van der Waals surface area contributed by atoms with Crippen LogP contribution in [-0.4, -0.2) is 29.7 Å². The number of rotatable bonds is 7. The maximum atomic E-state index is 11.5. The van der Waals surface area contributed by atoms with Gasteiger partial charge in [0.2, 0.25) is 0 Å². The van der Waals surface area contributed by atoms with Crippen molar-refractivity contribution in [3.05, 3.63) is 0 Å². The average molecular weight is 244 g/mol. The second-order valence-corrected chi connectivity index (χ2v) is 5.06. The van der Waals surface area contributed by atoms with Gasteiger partial charge in [0, 0.05) is 12.6 Å². The van der Waals surface area contributed by atoms with E-state index in [2.05, 4.69) is 17.6 Å². The molecule has 0 saturated heterocycles. The first-order chi connectivity index (χ1) is 7.79. The molecule has 0 aliphatic heterocycles. The van der Waals surface area contributed by atoms with Gasteiger partial charge in [-0.05, 0) is 27.2 Å². The van der Waals surface area contributed by atoms with E-state index >= 15 is 0 Å². The third-order valence-electron chi connectivity index (χ3n) is 2.64. The van der Waals surface area contributed by atoms with Crippen molar-refractivity contribution in [3.8, 4) is 0 Å². The van der Waals surface area contributed by atoms with Gasteiger partial charge < -0.3 is 15.7 Å². The highest BCUT2D eigenvalue weighted by molar-refractivity contribution is 5.77. The number of hydrogen-bond acceptors (Lipinski definition) is 2. The number of amides is 2. The van der Waals surface area contributed by atoms with Crippen LogP contribution in [0.4, 0.5) is 4.79 Å². The zero-order valence-corrected chi connectivity index (χ0v) is 11.2. The van der Waals surface area contributed by atoms with Gasteiger partial charge in [-0.1, -0.05) is 19.8 Å². The van der Waals surface area contributed by atoms with Crippen LogP contribution in [0.1, 0.15) is 47.0 Å². The highest BCUT2D eigenvalue weighted by atomic mass is 16.4. The molecule has 0 bridgehead atoms. The molecule has 0 saturated carbocycles. The molecular formula is C12H24N2O3. The van der Waals surface area contributed by atoms with Gasteiger partial charge in [-0.3, -0.25) is 4.79 Å². The number of hydrogen-bond donors (Lipinski definition) is 3. The van der Waals surface area contributed by atoms with Crippen LogP contribution in [0, 0.1) is 5.41 Å². The van der Waals surface area contributed by atoms with Gasteiger partial charge in [0.05, 0.1) is 5.41 Å². The Morgan fingerprint density at radius 3 is 2.41 bits per heavy atom. The summed E-state index contributed by atoms with van der Waals surface area (Å²) < 4.78 is 0. The third-order valence-corrected chi connectivity index (χ3v) is 2.64. The van der Waals surface area contributed by atoms with Crippen LogP contribution in [0.2, 0.25) is 0 Å². The smallest absolute Gasteiger partial charge is 0.315 e. The molecule has 0 aromatic rings. The van der Waals surface area contributed by atoms with Gasteiger partial charge in [0.1, 0.15) is 0 Å². The van der Waals surface area contributed by atoms with E-state index in [1.165, 1.54) is 0 Å². The number of carboxylic acids is 1. The molecule has 3 N–H and O–H groups in total. The van der Waals surface area contributed by atoms with Gasteiger partial charge >= 0.3 is 12.0 Å². The van der Waals surface area contributed by atoms with Crippen LogP contribution in [0.25, 0.3) is 0 Å². The van der Waals surface area contributed by atoms with Crippen molar-refractivity contribution in [1.29, 1.82) is 0 Å². The molecule has 2 amide bonds. The summed E-state index contributed by atoms with van der Waals surface area (Å²) in [6.45, 7) is 7.32. The van der Waals surface area contributed by atoms with Crippen LogP contribution in [0.5, 0.6) is 0 Å². The molecule has 0 aromatic heterocycles. The fraction of sp³-hybridized carbons (Fsp3) is 0.833. The summed E-state index contributed by atoms with van der Waals surface area (Å²) >= 11 is 0. The van der Waals surface area contributed by atoms with Crippen LogP contribution in [-0.2, 0) is 4.79 Å². The van der Waals surface area contributed by atoms with E-state index in [0.29, 0.717) is 0 Å². The molecule has 5 heteroatoms. The first-order valence-electron chi connectivity index (χ1n) is 6.07. The molecule has 0 spiro atoms. The van der Waals surface area contributed by atoms with Crippen LogP contribution in [0.15, 0.2) is 0 Å². The quantitative estimate of drug-likeness (QED) is 0.640. The first-order valence-corrected chi connectivity index (χ1v) is 6.07. The summed E-state index contributed by atoms with van der Waals surface area (Å²) in [4.78, 5) is 22.3. The lowest BCUT2D eigenvalue weighted by molar-refractivity contribution is -0.146. The molecule has 1 atom stereocenters. The fourth-order valence-electron chi connectivity index (χ4n) is 1.23. The predicted octanol–water partition coefficient (Wildman–Crippen LogP) is 1.98. The van der Waals surface area contributed by atoms with Gasteiger partial charge in [-0.25, -0.2) is 4.79 Å². The number of urea groups is 1. The lowest BCUT2D eigenvalue weighted by atomic mass is 9.94. The average Bonchev–Trinajstić information content (AvgIpc) is 2.23. The molecular weight excluding hydrogens is 220 g/mol. The standard InChI is InChI=1S/C12H24N2O3/c1-5-6-7-9(2)14-11(17)13-8-12(3,4)10(15)16/h9H,5-8H2,1-4H3,(H,15,16)(H2,13,14,17). The van der Waals surface area contributed by atoms with Gasteiger partial charge in [-0.2, -0.15) is 0 Å². The lowest BCUT2D eigenvalue weighted by Crippen LogP contribution is -2.46. The Morgan fingerprint density at radius 2 is 1.94 bits per heavy atom. The predicted molar refractivity (Wildman–Crippen MR) is 66.9 cm³/mol. The van der Waals surface area contributed by atoms with Crippen molar-refractivity contribution in [2.45, 2.75) is 53.0 Å². The fourth-order valence-corrected chi connectivity index (χ4v) is 1.23. The minimum atomic E-state index is -0.940. The zero-order valence-electron chi connectivity index (χ0n) is 11.2. The summed E-state index contributed by atoms with van der Waals surface area (Å²) in [5.41, 5.74) is -0.940. The topological polar surface area (TPSA) is 78.4 Å². The minimum Gasteiger partial charge on any atom is -0.481 e. The largest absolute Gasteiger partial charge is 0.481 e.